The minimum atomic E-state index is -0.158. The molecule has 2 N–H and O–H groups in total. The van der Waals surface area contributed by atoms with Gasteiger partial charge in [0.25, 0.3) is 5.91 Å². The normalized spacial score (nSPS) is 14.7. The highest BCUT2D eigenvalue weighted by Gasteiger charge is 2.12. The smallest absolute Gasteiger partial charge is 0.273 e. The molecule has 1 saturated heterocycles. The van der Waals surface area contributed by atoms with Crippen LogP contribution in [0.5, 0.6) is 0 Å². The Labute approximate surface area is 154 Å². The van der Waals surface area contributed by atoms with Crippen molar-refractivity contribution in [1.29, 1.82) is 0 Å². The zero-order valence-electron chi connectivity index (χ0n) is 14.2. The average Bonchev–Trinajstić information content (AvgIpc) is 3.09. The number of piperazine rings is 1. The van der Waals surface area contributed by atoms with Gasteiger partial charge in [0.05, 0.1) is 12.7 Å². The maximum atomic E-state index is 12.1. The second kappa shape index (κ2) is 10.1. The van der Waals surface area contributed by atoms with Crippen molar-refractivity contribution in [2.45, 2.75) is 13.0 Å². The van der Waals surface area contributed by atoms with E-state index in [4.69, 9.17) is 0 Å². The summed E-state index contributed by atoms with van der Waals surface area (Å²) < 4.78 is 1.69. The van der Waals surface area contributed by atoms with Crippen molar-refractivity contribution in [2.75, 3.05) is 39.3 Å². The third kappa shape index (κ3) is 6.12. The fourth-order valence-electron chi connectivity index (χ4n) is 2.78. The highest BCUT2D eigenvalue weighted by atomic mass is 35.5. The molecule has 1 amide bonds. The van der Waals surface area contributed by atoms with E-state index in [-0.39, 0.29) is 18.3 Å². The number of carbonyl (C=O) groups is 1. The number of hydrogen-bond acceptors (Lipinski definition) is 5. The summed E-state index contributed by atoms with van der Waals surface area (Å²) in [5.41, 5.74) is 1.50. The molecule has 0 bridgehead atoms. The molecule has 0 spiro atoms. The standard InChI is InChI=1S/C17H24N6O.ClH/c24-17(19-7-4-10-22-11-8-18-9-12-22)16-14-23(21-20-16)13-15-5-2-1-3-6-15;/h1-3,5-6,14,18H,4,7-13H2,(H,19,24);1H. The second-order valence-electron chi connectivity index (χ2n) is 5.99. The van der Waals surface area contributed by atoms with E-state index in [0.29, 0.717) is 18.8 Å². The van der Waals surface area contributed by atoms with Gasteiger partial charge in [-0.1, -0.05) is 35.5 Å². The van der Waals surface area contributed by atoms with Crippen molar-refractivity contribution in [2.24, 2.45) is 0 Å². The molecule has 0 saturated carbocycles. The maximum absolute atomic E-state index is 12.1. The van der Waals surface area contributed by atoms with E-state index in [1.807, 2.05) is 30.3 Å². The summed E-state index contributed by atoms with van der Waals surface area (Å²) in [4.78, 5) is 14.5. The molecule has 1 fully saturated rings. The van der Waals surface area contributed by atoms with Crippen molar-refractivity contribution in [3.63, 3.8) is 0 Å². The van der Waals surface area contributed by atoms with Gasteiger partial charge < -0.3 is 15.5 Å². The molecule has 25 heavy (non-hydrogen) atoms. The van der Waals surface area contributed by atoms with Gasteiger partial charge in [-0.15, -0.1) is 17.5 Å². The topological polar surface area (TPSA) is 75.1 Å². The molecule has 2 aromatic rings. The molecule has 0 aliphatic carbocycles. The van der Waals surface area contributed by atoms with Gasteiger partial charge in [0.2, 0.25) is 0 Å². The number of nitrogens with zero attached hydrogens (tertiary/aromatic N) is 4. The lowest BCUT2D eigenvalue weighted by atomic mass is 10.2. The summed E-state index contributed by atoms with van der Waals surface area (Å²) >= 11 is 0. The number of halogens is 1. The number of aromatic nitrogens is 3. The quantitative estimate of drug-likeness (QED) is 0.710. The zero-order valence-corrected chi connectivity index (χ0v) is 15.0. The number of nitrogens with one attached hydrogen (secondary N) is 2. The van der Waals surface area contributed by atoms with Gasteiger partial charge in [-0.2, -0.15) is 0 Å². The minimum Gasteiger partial charge on any atom is -0.351 e. The Kier molecular flexibility index (Phi) is 7.84. The van der Waals surface area contributed by atoms with E-state index in [1.165, 1.54) is 0 Å². The minimum absolute atomic E-state index is 0. The largest absolute Gasteiger partial charge is 0.351 e. The number of rotatable bonds is 7. The molecule has 1 aliphatic heterocycles. The van der Waals surface area contributed by atoms with Crippen LogP contribution in [0.25, 0.3) is 0 Å². The lowest BCUT2D eigenvalue weighted by Gasteiger charge is -2.26. The van der Waals surface area contributed by atoms with Crippen LogP contribution in [0.15, 0.2) is 36.5 Å². The molecular weight excluding hydrogens is 340 g/mol. The molecule has 136 valence electrons. The maximum Gasteiger partial charge on any atom is 0.273 e. The monoisotopic (exact) mass is 364 g/mol. The summed E-state index contributed by atoms with van der Waals surface area (Å²) in [6.07, 6.45) is 2.64. The Morgan fingerprint density at radius 1 is 1.20 bits per heavy atom. The molecule has 1 aromatic carbocycles. The van der Waals surface area contributed by atoms with E-state index in [2.05, 4.69) is 25.8 Å². The van der Waals surface area contributed by atoms with Crippen molar-refractivity contribution < 1.29 is 4.79 Å². The van der Waals surface area contributed by atoms with Crippen LogP contribution in [0.2, 0.25) is 0 Å². The number of amides is 1. The Bertz CT molecular complexity index is 642. The van der Waals surface area contributed by atoms with Crippen LogP contribution < -0.4 is 10.6 Å². The molecule has 2 heterocycles. The van der Waals surface area contributed by atoms with Crippen molar-refractivity contribution >= 4 is 18.3 Å². The lowest BCUT2D eigenvalue weighted by molar-refractivity contribution is 0.0946. The third-order valence-corrected chi connectivity index (χ3v) is 4.10. The summed E-state index contributed by atoms with van der Waals surface area (Å²) in [5, 5.41) is 14.2. The molecule has 8 heteroatoms. The highest BCUT2D eigenvalue weighted by Crippen LogP contribution is 2.02. The predicted molar refractivity (Wildman–Crippen MR) is 99.1 cm³/mol. The fourth-order valence-corrected chi connectivity index (χ4v) is 2.78. The summed E-state index contributed by atoms with van der Waals surface area (Å²) in [5.74, 6) is -0.158. The van der Waals surface area contributed by atoms with Gasteiger partial charge in [0.15, 0.2) is 5.69 Å². The third-order valence-electron chi connectivity index (χ3n) is 4.10. The van der Waals surface area contributed by atoms with E-state index in [0.717, 1.165) is 44.7 Å². The Morgan fingerprint density at radius 3 is 2.72 bits per heavy atom. The molecule has 1 aliphatic rings. The van der Waals surface area contributed by atoms with Gasteiger partial charge in [0, 0.05) is 32.7 Å². The van der Waals surface area contributed by atoms with Crippen LogP contribution in [-0.4, -0.2) is 65.1 Å². The molecule has 7 nitrogen and oxygen atoms in total. The number of carbonyl (C=O) groups excluding carboxylic acids is 1. The molecule has 3 rings (SSSR count). The van der Waals surface area contributed by atoms with Crippen molar-refractivity contribution in [3.05, 3.63) is 47.8 Å². The van der Waals surface area contributed by atoms with Crippen LogP contribution >= 0.6 is 12.4 Å². The first-order chi connectivity index (χ1) is 11.8. The first-order valence-corrected chi connectivity index (χ1v) is 8.46. The lowest BCUT2D eigenvalue weighted by Crippen LogP contribution is -2.44. The van der Waals surface area contributed by atoms with Gasteiger partial charge in [-0.25, -0.2) is 4.68 Å². The second-order valence-corrected chi connectivity index (χ2v) is 5.99. The molecule has 1 aromatic heterocycles. The van der Waals surface area contributed by atoms with Gasteiger partial charge in [-0.3, -0.25) is 4.79 Å². The van der Waals surface area contributed by atoms with Crippen LogP contribution in [0, 0.1) is 0 Å². The van der Waals surface area contributed by atoms with Crippen LogP contribution in [0.3, 0.4) is 0 Å². The summed E-state index contributed by atoms with van der Waals surface area (Å²) in [6, 6.07) is 10.00. The predicted octanol–water partition coefficient (Wildman–Crippen LogP) is 0.773. The molecule has 0 atom stereocenters. The fraction of sp³-hybridized carbons (Fsp3) is 0.471. The Morgan fingerprint density at radius 2 is 1.96 bits per heavy atom. The number of hydrogen-bond donors (Lipinski definition) is 2. The summed E-state index contributed by atoms with van der Waals surface area (Å²) in [7, 11) is 0. The molecule has 0 unspecified atom stereocenters. The van der Waals surface area contributed by atoms with Gasteiger partial charge in [-0.05, 0) is 18.5 Å². The van der Waals surface area contributed by atoms with E-state index in [9.17, 15) is 4.79 Å². The van der Waals surface area contributed by atoms with Crippen LogP contribution in [0.1, 0.15) is 22.5 Å². The van der Waals surface area contributed by atoms with Gasteiger partial charge in [0.1, 0.15) is 0 Å². The zero-order chi connectivity index (χ0) is 16.6. The van der Waals surface area contributed by atoms with Crippen LogP contribution in [0.4, 0.5) is 0 Å². The average molecular weight is 365 g/mol. The summed E-state index contributed by atoms with van der Waals surface area (Å²) in [6.45, 7) is 6.57. The van der Waals surface area contributed by atoms with Crippen molar-refractivity contribution in [1.82, 2.24) is 30.5 Å². The number of benzene rings is 1. The first-order valence-electron chi connectivity index (χ1n) is 8.46. The van der Waals surface area contributed by atoms with Gasteiger partial charge >= 0.3 is 0 Å². The first kappa shape index (κ1) is 19.4. The molecule has 0 radical (unpaired) electrons. The molecular formula is C17H25ClN6O. The Balaban J connectivity index is 0.00000225. The Hall–Kier alpha value is -1.96. The van der Waals surface area contributed by atoms with Crippen molar-refractivity contribution in [3.8, 4) is 0 Å². The highest BCUT2D eigenvalue weighted by molar-refractivity contribution is 5.91. The van der Waals surface area contributed by atoms with Crippen LogP contribution in [-0.2, 0) is 6.54 Å². The van der Waals surface area contributed by atoms with E-state index < -0.39 is 0 Å². The van der Waals surface area contributed by atoms with E-state index in [1.54, 1.807) is 10.9 Å². The van der Waals surface area contributed by atoms with E-state index >= 15 is 0 Å². The SMILES string of the molecule is Cl.O=C(NCCCN1CCNCC1)c1cn(Cc2ccccc2)nn1.